The molecule has 106 valence electrons. The molecule has 0 bridgehead atoms. The second kappa shape index (κ2) is 6.50. The van der Waals surface area contributed by atoms with Crippen molar-refractivity contribution in [1.82, 2.24) is 0 Å². The maximum atomic E-state index is 5.82. The van der Waals surface area contributed by atoms with Crippen LogP contribution in [-0.4, -0.2) is 46.9 Å². The van der Waals surface area contributed by atoms with Gasteiger partial charge in [0.15, 0.2) is 0 Å². The van der Waals surface area contributed by atoms with Crippen molar-refractivity contribution in [3.8, 4) is 0 Å². The lowest BCUT2D eigenvalue weighted by Gasteiger charge is -2.46. The topological polar surface area (TPSA) is 18.5 Å². The molecule has 3 nitrogen and oxygen atoms in total. The van der Waals surface area contributed by atoms with Crippen molar-refractivity contribution in [2.45, 2.75) is 57.9 Å². The molecule has 2 aliphatic rings. The first-order chi connectivity index (χ1) is 8.78. The van der Waals surface area contributed by atoms with E-state index in [-0.39, 0.29) is 0 Å². The molecule has 3 unspecified atom stereocenters. The Labute approximate surface area is 114 Å². The summed E-state index contributed by atoms with van der Waals surface area (Å²) in [7, 11) is 2.16. The molecule has 0 aromatic heterocycles. The number of hydrogen-bond donors (Lipinski definition) is 0. The Balaban J connectivity index is 2.18. The monoisotopic (exact) mass is 272 g/mol. The van der Waals surface area contributed by atoms with E-state index in [4.69, 9.17) is 8.85 Å². The number of quaternary nitrogens is 1. The Bertz CT molecular complexity index is 260. The van der Waals surface area contributed by atoms with E-state index >= 15 is 0 Å². The lowest BCUT2D eigenvalue weighted by atomic mass is 9.85. The third-order valence-electron chi connectivity index (χ3n) is 5.20. The van der Waals surface area contributed by atoms with Gasteiger partial charge in [0.1, 0.15) is 0 Å². The van der Waals surface area contributed by atoms with E-state index in [1.807, 2.05) is 14.2 Å². The molecule has 2 fully saturated rings. The summed E-state index contributed by atoms with van der Waals surface area (Å²) in [5.41, 5.74) is 0. The predicted molar refractivity (Wildman–Crippen MR) is 76.4 cm³/mol. The summed E-state index contributed by atoms with van der Waals surface area (Å²) in [6.45, 7) is 4.89. The van der Waals surface area contributed by atoms with Gasteiger partial charge in [-0.1, -0.05) is 19.8 Å². The molecule has 0 amide bonds. The van der Waals surface area contributed by atoms with Crippen LogP contribution >= 0.6 is 0 Å². The molecule has 18 heavy (non-hydrogen) atoms. The average molecular weight is 272 g/mol. The van der Waals surface area contributed by atoms with Gasteiger partial charge in [0.05, 0.1) is 19.1 Å². The van der Waals surface area contributed by atoms with Crippen molar-refractivity contribution < 1.29 is 13.0 Å². The molecular weight excluding hydrogens is 242 g/mol. The minimum Gasteiger partial charge on any atom is -0.354 e. The summed E-state index contributed by atoms with van der Waals surface area (Å²) in [6.07, 6.45) is 9.73. The van der Waals surface area contributed by atoms with Crippen LogP contribution in [0.1, 0.15) is 51.9 Å². The first-order valence-corrected chi connectivity index (χ1v) is 9.16. The number of nitrogens with zero attached hydrogens (tertiary/aromatic N) is 1. The predicted octanol–water partition coefficient (Wildman–Crippen LogP) is 2.58. The first-order valence-electron chi connectivity index (χ1n) is 7.70. The number of rotatable bonds is 6. The van der Waals surface area contributed by atoms with Crippen LogP contribution < -0.4 is 0 Å². The van der Waals surface area contributed by atoms with Crippen molar-refractivity contribution in [2.75, 3.05) is 27.3 Å². The molecule has 1 heterocycles. The van der Waals surface area contributed by atoms with Crippen LogP contribution in [0.2, 0.25) is 0 Å². The minimum absolute atomic E-state index is 0.849. The SMILES string of the molecule is CCCC[N+]1([SiH](OC)OC)CCC2CCCCC21. The van der Waals surface area contributed by atoms with E-state index in [9.17, 15) is 0 Å². The van der Waals surface area contributed by atoms with Crippen LogP contribution in [-0.2, 0) is 8.85 Å². The second-order valence-corrected chi connectivity index (χ2v) is 8.67. The molecule has 4 heteroatoms. The van der Waals surface area contributed by atoms with Gasteiger partial charge in [-0.3, -0.25) is 0 Å². The highest BCUT2D eigenvalue weighted by Crippen LogP contribution is 2.42. The summed E-state index contributed by atoms with van der Waals surface area (Å²) >= 11 is 0. The average Bonchev–Trinajstić information content (AvgIpc) is 2.78. The Hall–Kier alpha value is 0.0969. The summed E-state index contributed by atoms with van der Waals surface area (Å²) in [5.74, 6) is 0.955. The lowest BCUT2D eigenvalue weighted by Crippen LogP contribution is -2.64. The molecule has 0 aromatic rings. The van der Waals surface area contributed by atoms with Crippen LogP contribution in [0.15, 0.2) is 0 Å². The van der Waals surface area contributed by atoms with Crippen LogP contribution in [0.25, 0.3) is 0 Å². The van der Waals surface area contributed by atoms with E-state index in [0.29, 0.717) is 0 Å². The highest BCUT2D eigenvalue weighted by atomic mass is 28.3. The van der Waals surface area contributed by atoms with Crippen molar-refractivity contribution in [1.29, 1.82) is 0 Å². The van der Waals surface area contributed by atoms with Crippen molar-refractivity contribution >= 4 is 9.45 Å². The van der Waals surface area contributed by atoms with Crippen LogP contribution in [0, 0.1) is 5.92 Å². The largest absolute Gasteiger partial charge is 0.586 e. The van der Waals surface area contributed by atoms with Gasteiger partial charge < -0.3 is 13.0 Å². The normalized spacial score (nSPS) is 36.0. The maximum absolute atomic E-state index is 5.82. The van der Waals surface area contributed by atoms with E-state index < -0.39 is 9.45 Å². The molecule has 3 atom stereocenters. The summed E-state index contributed by atoms with van der Waals surface area (Å²) in [6, 6.07) is 0.849. The zero-order valence-corrected chi connectivity index (χ0v) is 13.5. The highest BCUT2D eigenvalue weighted by Gasteiger charge is 2.54. The fourth-order valence-corrected chi connectivity index (χ4v) is 6.88. The van der Waals surface area contributed by atoms with E-state index in [2.05, 4.69) is 6.92 Å². The molecular formula is C14H30NO2Si+. The third-order valence-corrected chi connectivity index (χ3v) is 7.74. The van der Waals surface area contributed by atoms with E-state index in [0.717, 1.165) is 12.0 Å². The Morgan fingerprint density at radius 1 is 1.11 bits per heavy atom. The van der Waals surface area contributed by atoms with Gasteiger partial charge in [-0.05, 0) is 25.7 Å². The minimum atomic E-state index is -1.57. The van der Waals surface area contributed by atoms with Gasteiger partial charge in [-0.25, -0.2) is 0 Å². The van der Waals surface area contributed by atoms with Gasteiger partial charge in [0, 0.05) is 26.6 Å². The van der Waals surface area contributed by atoms with Crippen molar-refractivity contribution in [3.63, 3.8) is 0 Å². The van der Waals surface area contributed by atoms with Crippen LogP contribution in [0.4, 0.5) is 0 Å². The summed E-state index contributed by atoms with van der Waals surface area (Å²) < 4.78 is 12.9. The fraction of sp³-hybridized carbons (Fsp3) is 1.00. The number of fused-ring (bicyclic) bond motifs is 1. The van der Waals surface area contributed by atoms with Gasteiger partial charge in [0.2, 0.25) is 0 Å². The van der Waals surface area contributed by atoms with E-state index in [1.54, 1.807) is 0 Å². The maximum Gasteiger partial charge on any atom is 0.586 e. The van der Waals surface area contributed by atoms with Crippen LogP contribution in [0.5, 0.6) is 0 Å². The smallest absolute Gasteiger partial charge is 0.354 e. The van der Waals surface area contributed by atoms with Crippen molar-refractivity contribution in [2.24, 2.45) is 5.92 Å². The fourth-order valence-electron chi connectivity index (χ4n) is 4.39. The Morgan fingerprint density at radius 3 is 2.50 bits per heavy atom. The van der Waals surface area contributed by atoms with Crippen LogP contribution in [0.3, 0.4) is 0 Å². The molecule has 0 spiro atoms. The number of likely N-dealkylation sites (tertiary alicyclic amines) is 1. The first kappa shape index (κ1) is 14.5. The summed E-state index contributed by atoms with van der Waals surface area (Å²) in [5, 5.41) is 0. The van der Waals surface area contributed by atoms with Crippen molar-refractivity contribution in [3.05, 3.63) is 0 Å². The lowest BCUT2D eigenvalue weighted by molar-refractivity contribution is -0.858. The molecule has 0 radical (unpaired) electrons. The van der Waals surface area contributed by atoms with Gasteiger partial charge in [-0.15, -0.1) is 0 Å². The van der Waals surface area contributed by atoms with Gasteiger partial charge in [0.25, 0.3) is 0 Å². The number of unbranched alkanes of at least 4 members (excludes halogenated alkanes) is 1. The molecule has 2 rings (SSSR count). The zero-order chi connectivity index (χ0) is 13.0. The molecule has 1 aliphatic carbocycles. The molecule has 0 aromatic carbocycles. The third kappa shape index (κ3) is 2.53. The molecule has 1 saturated carbocycles. The molecule has 0 N–H and O–H groups in total. The highest BCUT2D eigenvalue weighted by molar-refractivity contribution is 6.35. The van der Waals surface area contributed by atoms with Gasteiger partial charge in [-0.2, -0.15) is 0 Å². The summed E-state index contributed by atoms with van der Waals surface area (Å²) in [4.78, 5) is 0. The Morgan fingerprint density at radius 2 is 1.83 bits per heavy atom. The van der Waals surface area contributed by atoms with E-state index in [1.165, 1.54) is 62.2 Å². The number of hydrogen-bond acceptors (Lipinski definition) is 2. The zero-order valence-electron chi connectivity index (χ0n) is 12.4. The standard InChI is InChI=1S/C14H30NO2Si/c1-4-5-11-15(18(16-2)17-3)12-10-13-8-6-7-9-14(13)15/h13-14,18H,4-12H2,1-3H3/q+1. The Kier molecular flexibility index (Phi) is 5.24. The second-order valence-electron chi connectivity index (χ2n) is 6.08. The van der Waals surface area contributed by atoms with Gasteiger partial charge >= 0.3 is 9.45 Å². The molecule has 1 saturated heterocycles. The quantitative estimate of drug-likeness (QED) is 0.692. The molecule has 1 aliphatic heterocycles.